The Labute approximate surface area is 89.5 Å². The number of aliphatic hydroxyl groups is 2. The molecule has 3 heteroatoms. The lowest BCUT2D eigenvalue weighted by Crippen LogP contribution is -2.26. The van der Waals surface area contributed by atoms with Gasteiger partial charge in [-0.2, -0.15) is 0 Å². The monoisotopic (exact) mass is 252 g/mol. The molecular weight excluding hydrogens is 232 g/mol. The molecule has 0 saturated carbocycles. The Hall–Kier alpha value is 0.400. The zero-order chi connectivity index (χ0) is 10.5. The van der Waals surface area contributed by atoms with E-state index in [1.807, 2.05) is 6.92 Å². The Kier molecular flexibility index (Phi) is 5.49. The molecule has 1 atom stereocenters. The van der Waals surface area contributed by atoms with Crippen molar-refractivity contribution in [3.63, 3.8) is 0 Å². The van der Waals surface area contributed by atoms with Gasteiger partial charge in [0.2, 0.25) is 0 Å². The second-order valence-electron chi connectivity index (χ2n) is 4.60. The van der Waals surface area contributed by atoms with E-state index < -0.39 is 11.2 Å². The Balaban J connectivity index is 3.63. The second-order valence-corrected chi connectivity index (χ2v) is 5.39. The molecule has 80 valence electrons. The molecule has 0 heterocycles. The highest BCUT2D eigenvalue weighted by Crippen LogP contribution is 2.21. The molecule has 0 aromatic rings. The maximum Gasteiger partial charge on any atom is 0.0627 e. The number of halogens is 1. The smallest absolute Gasteiger partial charge is 0.0627 e. The van der Waals surface area contributed by atoms with E-state index in [0.29, 0.717) is 0 Å². The van der Waals surface area contributed by atoms with Crippen LogP contribution in [-0.4, -0.2) is 26.7 Å². The van der Waals surface area contributed by atoms with Crippen LogP contribution < -0.4 is 0 Å². The minimum atomic E-state index is -0.607. The first-order valence-corrected chi connectivity index (χ1v) is 5.90. The summed E-state index contributed by atoms with van der Waals surface area (Å²) in [6, 6.07) is 0. The largest absolute Gasteiger partial charge is 0.390 e. The Morgan fingerprint density at radius 1 is 1.00 bits per heavy atom. The molecule has 0 amide bonds. The quantitative estimate of drug-likeness (QED) is 0.714. The first kappa shape index (κ1) is 13.4. The minimum Gasteiger partial charge on any atom is -0.390 e. The maximum atomic E-state index is 9.80. The average Bonchev–Trinajstić information content (AvgIpc) is 1.82. The highest BCUT2D eigenvalue weighted by Gasteiger charge is 2.20. The molecule has 0 saturated heterocycles. The highest BCUT2D eigenvalue weighted by atomic mass is 79.9. The lowest BCUT2D eigenvalue weighted by Gasteiger charge is -2.24. The fraction of sp³-hybridized carbons (Fsp3) is 1.00. The average molecular weight is 253 g/mol. The van der Waals surface area contributed by atoms with E-state index in [-0.39, 0.29) is 0 Å². The second kappa shape index (κ2) is 5.32. The van der Waals surface area contributed by atoms with Crippen molar-refractivity contribution in [3.05, 3.63) is 0 Å². The van der Waals surface area contributed by atoms with Crippen LogP contribution in [0.2, 0.25) is 0 Å². The van der Waals surface area contributed by atoms with Gasteiger partial charge in [0, 0.05) is 5.33 Å². The van der Waals surface area contributed by atoms with E-state index in [2.05, 4.69) is 15.9 Å². The number of rotatable bonds is 6. The van der Waals surface area contributed by atoms with Gasteiger partial charge in [-0.05, 0) is 46.5 Å². The van der Waals surface area contributed by atoms with Crippen LogP contribution in [0.5, 0.6) is 0 Å². The molecule has 2 nitrogen and oxygen atoms in total. The van der Waals surface area contributed by atoms with Gasteiger partial charge in [-0.3, -0.25) is 0 Å². The van der Waals surface area contributed by atoms with E-state index >= 15 is 0 Å². The summed E-state index contributed by atoms with van der Waals surface area (Å²) >= 11 is 3.31. The Morgan fingerprint density at radius 2 is 1.54 bits per heavy atom. The third kappa shape index (κ3) is 8.72. The first-order chi connectivity index (χ1) is 5.77. The SMILES string of the molecule is CC(C)(O)CCCC(C)(O)CCBr. The predicted molar refractivity (Wildman–Crippen MR) is 59.2 cm³/mol. The van der Waals surface area contributed by atoms with Crippen molar-refractivity contribution in [1.82, 2.24) is 0 Å². The van der Waals surface area contributed by atoms with E-state index in [1.54, 1.807) is 13.8 Å². The number of hydrogen-bond donors (Lipinski definition) is 2. The van der Waals surface area contributed by atoms with Gasteiger partial charge in [0.25, 0.3) is 0 Å². The summed E-state index contributed by atoms with van der Waals surface area (Å²) < 4.78 is 0. The van der Waals surface area contributed by atoms with Gasteiger partial charge in [0.1, 0.15) is 0 Å². The van der Waals surface area contributed by atoms with Crippen LogP contribution in [0, 0.1) is 0 Å². The van der Waals surface area contributed by atoms with Gasteiger partial charge in [-0.15, -0.1) is 0 Å². The standard InChI is InChI=1S/C10H21BrO2/c1-9(2,12)5-4-6-10(3,13)7-8-11/h12-13H,4-8H2,1-3H3. The van der Waals surface area contributed by atoms with E-state index in [1.165, 1.54) is 0 Å². The molecular formula is C10H21BrO2. The van der Waals surface area contributed by atoms with Gasteiger partial charge in [0.05, 0.1) is 11.2 Å². The first-order valence-electron chi connectivity index (χ1n) is 4.78. The van der Waals surface area contributed by atoms with Crippen LogP contribution in [-0.2, 0) is 0 Å². The van der Waals surface area contributed by atoms with E-state index in [9.17, 15) is 10.2 Å². The van der Waals surface area contributed by atoms with Crippen LogP contribution in [0.25, 0.3) is 0 Å². The van der Waals surface area contributed by atoms with Crippen molar-refractivity contribution in [1.29, 1.82) is 0 Å². The van der Waals surface area contributed by atoms with Crippen molar-refractivity contribution >= 4 is 15.9 Å². The summed E-state index contributed by atoms with van der Waals surface area (Å²) in [6.07, 6.45) is 3.12. The van der Waals surface area contributed by atoms with Gasteiger partial charge < -0.3 is 10.2 Å². The third-order valence-electron chi connectivity index (χ3n) is 2.14. The molecule has 0 aliphatic carbocycles. The summed E-state index contributed by atoms with van der Waals surface area (Å²) in [5.74, 6) is 0. The van der Waals surface area contributed by atoms with Crippen LogP contribution in [0.3, 0.4) is 0 Å². The molecule has 0 aromatic carbocycles. The maximum absolute atomic E-state index is 9.80. The molecule has 0 aromatic heterocycles. The number of hydrogen-bond acceptors (Lipinski definition) is 2. The van der Waals surface area contributed by atoms with E-state index in [0.717, 1.165) is 31.0 Å². The normalized spacial score (nSPS) is 17.1. The molecule has 0 bridgehead atoms. The topological polar surface area (TPSA) is 40.5 Å². The van der Waals surface area contributed by atoms with Crippen LogP contribution in [0.4, 0.5) is 0 Å². The molecule has 0 aliphatic rings. The van der Waals surface area contributed by atoms with Gasteiger partial charge in [-0.1, -0.05) is 15.9 Å². The van der Waals surface area contributed by atoms with Crippen molar-refractivity contribution in [2.75, 3.05) is 5.33 Å². The lowest BCUT2D eigenvalue weighted by atomic mass is 9.92. The zero-order valence-electron chi connectivity index (χ0n) is 8.81. The van der Waals surface area contributed by atoms with Crippen LogP contribution in [0.1, 0.15) is 46.5 Å². The molecule has 0 radical (unpaired) electrons. The zero-order valence-corrected chi connectivity index (χ0v) is 10.4. The molecule has 0 rings (SSSR count). The Bertz CT molecular complexity index is 138. The lowest BCUT2D eigenvalue weighted by molar-refractivity contribution is 0.0283. The molecule has 13 heavy (non-hydrogen) atoms. The van der Waals surface area contributed by atoms with Gasteiger partial charge in [-0.25, -0.2) is 0 Å². The Morgan fingerprint density at radius 3 is 1.92 bits per heavy atom. The van der Waals surface area contributed by atoms with Crippen molar-refractivity contribution in [2.45, 2.75) is 57.7 Å². The number of alkyl halides is 1. The highest BCUT2D eigenvalue weighted by molar-refractivity contribution is 9.09. The fourth-order valence-electron chi connectivity index (χ4n) is 1.23. The van der Waals surface area contributed by atoms with Crippen LogP contribution >= 0.6 is 15.9 Å². The van der Waals surface area contributed by atoms with E-state index in [4.69, 9.17) is 0 Å². The third-order valence-corrected chi connectivity index (χ3v) is 2.53. The summed E-state index contributed by atoms with van der Waals surface area (Å²) in [5.41, 5.74) is -1.20. The van der Waals surface area contributed by atoms with Gasteiger partial charge >= 0.3 is 0 Å². The predicted octanol–water partition coefficient (Wildman–Crippen LogP) is 2.46. The molecule has 0 aliphatic heterocycles. The summed E-state index contributed by atoms with van der Waals surface area (Å²) in [6.45, 7) is 5.44. The van der Waals surface area contributed by atoms with Crippen molar-refractivity contribution < 1.29 is 10.2 Å². The molecule has 0 spiro atoms. The molecule has 0 fully saturated rings. The van der Waals surface area contributed by atoms with Crippen molar-refractivity contribution in [3.8, 4) is 0 Å². The summed E-state index contributed by atoms with van der Waals surface area (Å²) in [7, 11) is 0. The minimum absolute atomic E-state index is 0.589. The summed E-state index contributed by atoms with van der Waals surface area (Å²) in [5, 5.41) is 20.1. The summed E-state index contributed by atoms with van der Waals surface area (Å²) in [4.78, 5) is 0. The molecule has 1 unspecified atom stereocenters. The molecule has 2 N–H and O–H groups in total. The fourth-order valence-corrected chi connectivity index (χ4v) is 2.08. The van der Waals surface area contributed by atoms with Crippen molar-refractivity contribution in [2.24, 2.45) is 0 Å². The van der Waals surface area contributed by atoms with Crippen LogP contribution in [0.15, 0.2) is 0 Å². The van der Waals surface area contributed by atoms with Gasteiger partial charge in [0.15, 0.2) is 0 Å².